The molecule has 3 saturated heterocycles. The molecule has 8 nitrogen and oxygen atoms in total. The number of hydrogen-bond acceptors (Lipinski definition) is 5. The third kappa shape index (κ3) is 7.29. The predicted octanol–water partition coefficient (Wildman–Crippen LogP) is 2.45. The number of amides is 3. The number of carbonyl (C=O) groups is 3. The standard InChI is InChI=1S/C28H43N5O3/c1-2-23-9-5-6-10-25(23)29-26(34)21-31-17-19-32(20-18-31)27(35)22-30-15-11-24(12-16-30)28(36)33-13-7-3-4-8-14-33/h5-6,9-10,24H,2-4,7-8,11-22H2,1H3,(H,29,34). The minimum atomic E-state index is -0.00623. The van der Waals surface area contributed by atoms with Crippen LogP contribution in [0.1, 0.15) is 51.0 Å². The maximum atomic E-state index is 12.9. The lowest BCUT2D eigenvalue weighted by Crippen LogP contribution is -2.53. The minimum absolute atomic E-state index is 0.00623. The molecule has 0 unspecified atom stereocenters. The lowest BCUT2D eigenvalue weighted by Gasteiger charge is -2.37. The first-order valence-corrected chi connectivity index (χ1v) is 13.9. The second-order valence-electron chi connectivity index (χ2n) is 10.5. The molecule has 0 radical (unpaired) electrons. The first-order chi connectivity index (χ1) is 17.5. The van der Waals surface area contributed by atoms with Gasteiger partial charge in [-0.3, -0.25) is 24.2 Å². The third-order valence-electron chi connectivity index (χ3n) is 7.98. The number of benzene rings is 1. The normalized spacial score (nSPS) is 20.7. The Morgan fingerprint density at radius 3 is 2.08 bits per heavy atom. The summed E-state index contributed by atoms with van der Waals surface area (Å²) in [4.78, 5) is 46.7. The van der Waals surface area contributed by atoms with E-state index in [1.807, 2.05) is 29.2 Å². The molecule has 4 rings (SSSR count). The van der Waals surface area contributed by atoms with Gasteiger partial charge in [-0.15, -0.1) is 0 Å². The van der Waals surface area contributed by atoms with Crippen LogP contribution in [0.15, 0.2) is 24.3 Å². The van der Waals surface area contributed by atoms with Gasteiger partial charge in [-0.05, 0) is 56.8 Å². The lowest BCUT2D eigenvalue weighted by atomic mass is 9.95. The maximum absolute atomic E-state index is 12.9. The highest BCUT2D eigenvalue weighted by atomic mass is 16.2. The van der Waals surface area contributed by atoms with Crippen LogP contribution in [0.5, 0.6) is 0 Å². The Morgan fingerprint density at radius 1 is 0.778 bits per heavy atom. The summed E-state index contributed by atoms with van der Waals surface area (Å²) in [6, 6.07) is 7.91. The number of likely N-dealkylation sites (tertiary alicyclic amines) is 2. The van der Waals surface area contributed by atoms with E-state index in [0.717, 1.165) is 69.5 Å². The fourth-order valence-corrected chi connectivity index (χ4v) is 5.68. The van der Waals surface area contributed by atoms with Crippen LogP contribution in [-0.4, -0.2) is 103 Å². The summed E-state index contributed by atoms with van der Waals surface area (Å²) in [7, 11) is 0. The Hall–Kier alpha value is -2.45. The van der Waals surface area contributed by atoms with Crippen LogP contribution >= 0.6 is 0 Å². The van der Waals surface area contributed by atoms with Crippen molar-refractivity contribution in [2.24, 2.45) is 5.92 Å². The Balaban J connectivity index is 1.14. The summed E-state index contributed by atoms with van der Waals surface area (Å²) < 4.78 is 0. The van der Waals surface area contributed by atoms with Crippen LogP contribution < -0.4 is 5.32 Å². The smallest absolute Gasteiger partial charge is 0.238 e. The van der Waals surface area contributed by atoms with Gasteiger partial charge in [0.15, 0.2) is 0 Å². The Bertz CT molecular complexity index is 883. The summed E-state index contributed by atoms with van der Waals surface area (Å²) in [6.45, 7) is 9.04. The van der Waals surface area contributed by atoms with Gasteiger partial charge in [0, 0.05) is 50.9 Å². The number of hydrogen-bond donors (Lipinski definition) is 1. The molecule has 8 heteroatoms. The van der Waals surface area contributed by atoms with Crippen LogP contribution in [0.2, 0.25) is 0 Å². The fraction of sp³-hybridized carbons (Fsp3) is 0.679. The van der Waals surface area contributed by atoms with Crippen molar-refractivity contribution < 1.29 is 14.4 Å². The summed E-state index contributed by atoms with van der Waals surface area (Å²) in [5.74, 6) is 0.608. The Labute approximate surface area is 216 Å². The first-order valence-electron chi connectivity index (χ1n) is 13.9. The molecule has 0 aromatic heterocycles. The van der Waals surface area contributed by atoms with Crippen molar-refractivity contribution >= 4 is 23.4 Å². The van der Waals surface area contributed by atoms with Crippen molar-refractivity contribution in [3.8, 4) is 0 Å². The van der Waals surface area contributed by atoms with E-state index in [4.69, 9.17) is 0 Å². The van der Waals surface area contributed by atoms with Gasteiger partial charge in [-0.25, -0.2) is 0 Å². The number of piperidine rings is 1. The molecule has 0 atom stereocenters. The van der Waals surface area contributed by atoms with Gasteiger partial charge in [0.25, 0.3) is 0 Å². The van der Waals surface area contributed by atoms with Gasteiger partial charge in [-0.2, -0.15) is 0 Å². The number of para-hydroxylation sites is 1. The van der Waals surface area contributed by atoms with Crippen molar-refractivity contribution in [1.29, 1.82) is 0 Å². The molecule has 3 aliphatic heterocycles. The molecule has 1 aromatic rings. The molecule has 1 N–H and O–H groups in total. The number of nitrogens with one attached hydrogen (secondary N) is 1. The molecule has 3 aliphatic rings. The predicted molar refractivity (Wildman–Crippen MR) is 142 cm³/mol. The molecule has 36 heavy (non-hydrogen) atoms. The van der Waals surface area contributed by atoms with Crippen molar-refractivity contribution in [3.05, 3.63) is 29.8 Å². The van der Waals surface area contributed by atoms with Crippen LogP contribution in [-0.2, 0) is 20.8 Å². The summed E-state index contributed by atoms with van der Waals surface area (Å²) in [6.07, 6.45) is 7.31. The highest BCUT2D eigenvalue weighted by Crippen LogP contribution is 2.22. The fourth-order valence-electron chi connectivity index (χ4n) is 5.68. The van der Waals surface area contributed by atoms with E-state index < -0.39 is 0 Å². The van der Waals surface area contributed by atoms with Crippen LogP contribution in [0.25, 0.3) is 0 Å². The van der Waals surface area contributed by atoms with Gasteiger partial charge in [0.05, 0.1) is 13.1 Å². The molecule has 0 spiro atoms. The van der Waals surface area contributed by atoms with E-state index in [1.54, 1.807) is 0 Å². The number of anilines is 1. The SMILES string of the molecule is CCc1ccccc1NC(=O)CN1CCN(C(=O)CN2CCC(C(=O)N3CCCCCC3)CC2)CC1. The average Bonchev–Trinajstić information content (AvgIpc) is 3.19. The molecular weight excluding hydrogens is 454 g/mol. The Morgan fingerprint density at radius 2 is 1.42 bits per heavy atom. The average molecular weight is 498 g/mol. The number of aryl methyl sites for hydroxylation is 1. The van der Waals surface area contributed by atoms with Crippen molar-refractivity contribution in [2.75, 3.05) is 70.8 Å². The maximum Gasteiger partial charge on any atom is 0.238 e. The van der Waals surface area contributed by atoms with E-state index in [2.05, 4.69) is 26.9 Å². The van der Waals surface area contributed by atoms with Crippen molar-refractivity contribution in [3.63, 3.8) is 0 Å². The van der Waals surface area contributed by atoms with E-state index in [-0.39, 0.29) is 17.7 Å². The zero-order valence-electron chi connectivity index (χ0n) is 21.9. The second-order valence-corrected chi connectivity index (χ2v) is 10.5. The minimum Gasteiger partial charge on any atom is -0.342 e. The monoisotopic (exact) mass is 497 g/mol. The van der Waals surface area contributed by atoms with Crippen molar-refractivity contribution in [2.45, 2.75) is 51.9 Å². The molecular formula is C28H43N5O3. The second kappa shape index (κ2) is 13.2. The van der Waals surface area contributed by atoms with Crippen LogP contribution in [0.4, 0.5) is 5.69 Å². The van der Waals surface area contributed by atoms with Gasteiger partial charge >= 0.3 is 0 Å². The molecule has 3 heterocycles. The summed E-state index contributed by atoms with van der Waals surface area (Å²) >= 11 is 0. The van der Waals surface area contributed by atoms with Gasteiger partial charge in [-0.1, -0.05) is 38.0 Å². The quantitative estimate of drug-likeness (QED) is 0.626. The zero-order chi connectivity index (χ0) is 25.3. The van der Waals surface area contributed by atoms with E-state index in [9.17, 15) is 14.4 Å². The zero-order valence-corrected chi connectivity index (χ0v) is 21.9. The van der Waals surface area contributed by atoms with Crippen LogP contribution in [0, 0.1) is 5.92 Å². The van der Waals surface area contributed by atoms with E-state index in [0.29, 0.717) is 45.2 Å². The largest absolute Gasteiger partial charge is 0.342 e. The lowest BCUT2D eigenvalue weighted by molar-refractivity contribution is -0.137. The number of piperazine rings is 1. The van der Waals surface area contributed by atoms with Crippen LogP contribution in [0.3, 0.4) is 0 Å². The molecule has 198 valence electrons. The molecule has 1 aromatic carbocycles. The van der Waals surface area contributed by atoms with Gasteiger partial charge in [0.2, 0.25) is 17.7 Å². The number of rotatable bonds is 7. The molecule has 0 aliphatic carbocycles. The van der Waals surface area contributed by atoms with Crippen molar-refractivity contribution in [1.82, 2.24) is 19.6 Å². The summed E-state index contributed by atoms with van der Waals surface area (Å²) in [5, 5.41) is 3.04. The van der Waals surface area contributed by atoms with E-state index >= 15 is 0 Å². The van der Waals surface area contributed by atoms with E-state index in [1.165, 1.54) is 12.8 Å². The highest BCUT2D eigenvalue weighted by molar-refractivity contribution is 5.93. The molecule has 3 amide bonds. The molecule has 0 saturated carbocycles. The molecule has 0 bridgehead atoms. The third-order valence-corrected chi connectivity index (χ3v) is 7.98. The Kier molecular flexibility index (Phi) is 9.75. The topological polar surface area (TPSA) is 76.2 Å². The first kappa shape index (κ1) is 26.6. The number of nitrogens with zero attached hydrogens (tertiary/aromatic N) is 4. The summed E-state index contributed by atoms with van der Waals surface area (Å²) in [5.41, 5.74) is 2.02. The van der Waals surface area contributed by atoms with Gasteiger partial charge in [0.1, 0.15) is 0 Å². The van der Waals surface area contributed by atoms with Gasteiger partial charge < -0.3 is 15.1 Å². The molecule has 3 fully saturated rings. The number of carbonyl (C=O) groups excluding carboxylic acids is 3. The highest BCUT2D eigenvalue weighted by Gasteiger charge is 2.30.